The van der Waals surface area contributed by atoms with Gasteiger partial charge in [0.1, 0.15) is 0 Å². The molecule has 1 aromatic rings. The highest BCUT2D eigenvalue weighted by atomic mass is 16.3. The Bertz CT molecular complexity index is 316. The summed E-state index contributed by atoms with van der Waals surface area (Å²) in [6.07, 6.45) is 2.64. The fraction of sp³-hybridized carbons (Fsp3) is 0.429. The molecular formula is C14H21NO. The van der Waals surface area contributed by atoms with E-state index in [1.807, 2.05) is 18.2 Å². The third-order valence-corrected chi connectivity index (χ3v) is 2.58. The lowest BCUT2D eigenvalue weighted by molar-refractivity contribution is 0.199. The first kappa shape index (κ1) is 12.8. The SMILES string of the molecule is C=CCN(CCC)c1ccc(C(C)O)cc1. The van der Waals surface area contributed by atoms with Gasteiger partial charge < -0.3 is 10.0 Å². The first-order valence-corrected chi connectivity index (χ1v) is 5.83. The van der Waals surface area contributed by atoms with Crippen molar-refractivity contribution >= 4 is 5.69 Å². The molecule has 16 heavy (non-hydrogen) atoms. The lowest BCUT2D eigenvalue weighted by Gasteiger charge is -2.23. The number of anilines is 1. The minimum absolute atomic E-state index is 0.395. The van der Waals surface area contributed by atoms with Gasteiger partial charge in [-0.05, 0) is 31.0 Å². The second-order valence-electron chi connectivity index (χ2n) is 4.00. The van der Waals surface area contributed by atoms with Crippen molar-refractivity contribution in [2.75, 3.05) is 18.0 Å². The van der Waals surface area contributed by atoms with Crippen LogP contribution in [-0.4, -0.2) is 18.2 Å². The molecule has 0 spiro atoms. The third-order valence-electron chi connectivity index (χ3n) is 2.58. The maximum Gasteiger partial charge on any atom is 0.0761 e. The smallest absolute Gasteiger partial charge is 0.0761 e. The molecule has 1 N–H and O–H groups in total. The zero-order valence-electron chi connectivity index (χ0n) is 10.2. The zero-order valence-corrected chi connectivity index (χ0v) is 10.2. The molecule has 1 aromatic carbocycles. The van der Waals surface area contributed by atoms with Crippen molar-refractivity contribution < 1.29 is 5.11 Å². The summed E-state index contributed by atoms with van der Waals surface area (Å²) in [6, 6.07) is 8.07. The molecule has 0 aromatic heterocycles. The van der Waals surface area contributed by atoms with E-state index in [2.05, 4.69) is 30.5 Å². The first-order valence-electron chi connectivity index (χ1n) is 5.83. The number of nitrogens with zero attached hydrogens (tertiary/aromatic N) is 1. The topological polar surface area (TPSA) is 23.5 Å². The molecule has 0 heterocycles. The van der Waals surface area contributed by atoms with Crippen LogP contribution in [0.3, 0.4) is 0 Å². The molecule has 0 radical (unpaired) electrons. The van der Waals surface area contributed by atoms with Crippen molar-refractivity contribution in [3.63, 3.8) is 0 Å². The van der Waals surface area contributed by atoms with E-state index in [0.29, 0.717) is 0 Å². The van der Waals surface area contributed by atoms with Gasteiger partial charge in [0.25, 0.3) is 0 Å². The van der Waals surface area contributed by atoms with Gasteiger partial charge >= 0.3 is 0 Å². The predicted molar refractivity (Wildman–Crippen MR) is 69.8 cm³/mol. The molecule has 0 amide bonds. The third kappa shape index (κ3) is 3.38. The summed E-state index contributed by atoms with van der Waals surface area (Å²) in [5.74, 6) is 0. The fourth-order valence-electron chi connectivity index (χ4n) is 1.72. The molecule has 1 rings (SSSR count). The molecule has 1 atom stereocenters. The molecule has 0 fully saturated rings. The van der Waals surface area contributed by atoms with E-state index in [1.165, 1.54) is 5.69 Å². The van der Waals surface area contributed by atoms with Crippen LogP contribution in [0.4, 0.5) is 5.69 Å². The molecule has 0 saturated heterocycles. The van der Waals surface area contributed by atoms with Gasteiger partial charge in [0.05, 0.1) is 6.10 Å². The molecule has 0 bridgehead atoms. The van der Waals surface area contributed by atoms with Gasteiger partial charge in [-0.25, -0.2) is 0 Å². The van der Waals surface area contributed by atoms with Crippen LogP contribution >= 0.6 is 0 Å². The molecule has 88 valence electrons. The van der Waals surface area contributed by atoms with Crippen LogP contribution in [0, 0.1) is 0 Å². The highest BCUT2D eigenvalue weighted by Crippen LogP contribution is 2.19. The van der Waals surface area contributed by atoms with Crippen molar-refractivity contribution in [2.45, 2.75) is 26.4 Å². The fourth-order valence-corrected chi connectivity index (χ4v) is 1.72. The van der Waals surface area contributed by atoms with Gasteiger partial charge in [0, 0.05) is 18.8 Å². The van der Waals surface area contributed by atoms with E-state index in [4.69, 9.17) is 0 Å². The summed E-state index contributed by atoms with van der Waals surface area (Å²) >= 11 is 0. The zero-order chi connectivity index (χ0) is 12.0. The van der Waals surface area contributed by atoms with Crippen molar-refractivity contribution in [1.29, 1.82) is 0 Å². The summed E-state index contributed by atoms with van der Waals surface area (Å²) in [6.45, 7) is 9.61. The second-order valence-corrected chi connectivity index (χ2v) is 4.00. The highest BCUT2D eigenvalue weighted by molar-refractivity contribution is 5.48. The van der Waals surface area contributed by atoms with E-state index >= 15 is 0 Å². The van der Waals surface area contributed by atoms with Crippen LogP contribution in [0.1, 0.15) is 31.9 Å². The lowest BCUT2D eigenvalue weighted by atomic mass is 10.1. The summed E-state index contributed by atoms with van der Waals surface area (Å²) in [5, 5.41) is 9.43. The Morgan fingerprint density at radius 2 is 2.00 bits per heavy atom. The van der Waals surface area contributed by atoms with Crippen LogP contribution < -0.4 is 4.90 Å². The number of aliphatic hydroxyl groups is 1. The quantitative estimate of drug-likeness (QED) is 0.743. The first-order chi connectivity index (χ1) is 7.69. The maximum absolute atomic E-state index is 9.43. The normalized spacial score (nSPS) is 12.2. The summed E-state index contributed by atoms with van der Waals surface area (Å²) in [7, 11) is 0. The van der Waals surface area contributed by atoms with Gasteiger partial charge in [-0.3, -0.25) is 0 Å². The maximum atomic E-state index is 9.43. The number of aliphatic hydroxyl groups excluding tert-OH is 1. The van der Waals surface area contributed by atoms with Gasteiger partial charge in [0.15, 0.2) is 0 Å². The van der Waals surface area contributed by atoms with Crippen LogP contribution in [0.5, 0.6) is 0 Å². The van der Waals surface area contributed by atoms with E-state index in [1.54, 1.807) is 6.92 Å². The second kappa shape index (κ2) is 6.33. The summed E-state index contributed by atoms with van der Waals surface area (Å²) < 4.78 is 0. The molecule has 0 aliphatic carbocycles. The Balaban J connectivity index is 2.80. The molecule has 0 aliphatic rings. The molecule has 0 aliphatic heterocycles. The Hall–Kier alpha value is -1.28. The Morgan fingerprint density at radius 3 is 2.44 bits per heavy atom. The van der Waals surface area contributed by atoms with Crippen LogP contribution in [0.25, 0.3) is 0 Å². The van der Waals surface area contributed by atoms with Crippen LogP contribution in [0.2, 0.25) is 0 Å². The Morgan fingerprint density at radius 1 is 1.38 bits per heavy atom. The van der Waals surface area contributed by atoms with Gasteiger partial charge in [-0.2, -0.15) is 0 Å². The van der Waals surface area contributed by atoms with Crippen molar-refractivity contribution in [3.05, 3.63) is 42.5 Å². The monoisotopic (exact) mass is 219 g/mol. The molecule has 1 unspecified atom stereocenters. The lowest BCUT2D eigenvalue weighted by Crippen LogP contribution is -2.23. The van der Waals surface area contributed by atoms with Gasteiger partial charge in [-0.15, -0.1) is 6.58 Å². The molecular weight excluding hydrogens is 198 g/mol. The highest BCUT2D eigenvalue weighted by Gasteiger charge is 2.05. The molecule has 2 heteroatoms. The van der Waals surface area contributed by atoms with Crippen LogP contribution in [-0.2, 0) is 0 Å². The van der Waals surface area contributed by atoms with Crippen LogP contribution in [0.15, 0.2) is 36.9 Å². The number of hydrogen-bond acceptors (Lipinski definition) is 2. The summed E-state index contributed by atoms with van der Waals surface area (Å²) in [4.78, 5) is 2.28. The minimum Gasteiger partial charge on any atom is -0.389 e. The standard InChI is InChI=1S/C14H21NO/c1-4-10-15(11-5-2)14-8-6-13(7-9-14)12(3)16/h4,6-9,12,16H,1,5,10-11H2,2-3H3. The number of hydrogen-bond donors (Lipinski definition) is 1. The Labute approximate surface area is 98.2 Å². The number of benzene rings is 1. The van der Waals surface area contributed by atoms with Crippen molar-refractivity contribution in [1.82, 2.24) is 0 Å². The molecule has 0 saturated carbocycles. The average molecular weight is 219 g/mol. The summed E-state index contributed by atoms with van der Waals surface area (Å²) in [5.41, 5.74) is 2.14. The average Bonchev–Trinajstić information content (AvgIpc) is 2.29. The number of rotatable bonds is 6. The van der Waals surface area contributed by atoms with Crippen molar-refractivity contribution in [3.8, 4) is 0 Å². The van der Waals surface area contributed by atoms with E-state index in [-0.39, 0.29) is 0 Å². The predicted octanol–water partition coefficient (Wildman–Crippen LogP) is 3.14. The van der Waals surface area contributed by atoms with E-state index in [9.17, 15) is 5.11 Å². The Kier molecular flexibility index (Phi) is 5.06. The van der Waals surface area contributed by atoms with Gasteiger partial charge in [-0.1, -0.05) is 25.1 Å². The molecule has 2 nitrogen and oxygen atoms in total. The van der Waals surface area contributed by atoms with E-state index in [0.717, 1.165) is 25.1 Å². The van der Waals surface area contributed by atoms with E-state index < -0.39 is 6.10 Å². The van der Waals surface area contributed by atoms with Crippen molar-refractivity contribution in [2.24, 2.45) is 0 Å². The van der Waals surface area contributed by atoms with Gasteiger partial charge in [0.2, 0.25) is 0 Å². The minimum atomic E-state index is -0.395. The largest absolute Gasteiger partial charge is 0.389 e.